The second-order valence-electron chi connectivity index (χ2n) is 4.50. The third-order valence-corrected chi connectivity index (χ3v) is 3.26. The Morgan fingerprint density at radius 3 is 2.89 bits per heavy atom. The molecule has 3 heterocycles. The lowest BCUT2D eigenvalue weighted by atomic mass is 10.1. The first kappa shape index (κ1) is 11.9. The topological polar surface area (TPSA) is 74.6 Å². The van der Waals surface area contributed by atoms with Gasteiger partial charge in [0.05, 0.1) is 24.0 Å². The Morgan fingerprint density at radius 2 is 2.21 bits per heavy atom. The van der Waals surface area contributed by atoms with Gasteiger partial charge >= 0.3 is 0 Å². The Hall–Kier alpha value is -2.21. The molecule has 98 valence electrons. The van der Waals surface area contributed by atoms with Crippen molar-refractivity contribution in [3.05, 3.63) is 42.2 Å². The highest BCUT2D eigenvalue weighted by Crippen LogP contribution is 2.23. The largest absolute Gasteiger partial charge is 0.327 e. The zero-order chi connectivity index (χ0) is 13.4. The third kappa shape index (κ3) is 1.90. The number of imidazole rings is 1. The van der Waals surface area contributed by atoms with Crippen molar-refractivity contribution < 1.29 is 0 Å². The minimum atomic E-state index is -0.277. The number of fused-ring (bicyclic) bond motifs is 1. The molecule has 0 bridgehead atoms. The summed E-state index contributed by atoms with van der Waals surface area (Å²) in [6, 6.07) is 1.69. The molecule has 3 aromatic heterocycles. The maximum absolute atomic E-state index is 6.31. The Balaban J connectivity index is 2.14. The highest BCUT2D eigenvalue weighted by atomic mass is 15.2. The first-order chi connectivity index (χ1) is 9.20. The lowest BCUT2D eigenvalue weighted by molar-refractivity contribution is 0.670. The Kier molecular flexibility index (Phi) is 2.79. The van der Waals surface area contributed by atoms with Crippen molar-refractivity contribution >= 4 is 11.0 Å². The molecule has 0 saturated carbocycles. The predicted molar refractivity (Wildman–Crippen MR) is 72.4 cm³/mol. The van der Waals surface area contributed by atoms with Crippen LogP contribution in [0.5, 0.6) is 0 Å². The van der Waals surface area contributed by atoms with Gasteiger partial charge in [-0.05, 0) is 13.0 Å². The number of aryl methyl sites for hydroxylation is 2. The van der Waals surface area contributed by atoms with E-state index < -0.39 is 0 Å². The number of nitrogens with two attached hydrogens (primary N) is 1. The minimum absolute atomic E-state index is 0.277. The van der Waals surface area contributed by atoms with Crippen LogP contribution in [-0.2, 0) is 13.6 Å². The second kappa shape index (κ2) is 4.47. The first-order valence-corrected chi connectivity index (χ1v) is 6.25. The number of hydrogen-bond donors (Lipinski definition) is 1. The van der Waals surface area contributed by atoms with E-state index in [1.54, 1.807) is 23.3 Å². The van der Waals surface area contributed by atoms with Gasteiger partial charge in [-0.3, -0.25) is 9.67 Å². The van der Waals surface area contributed by atoms with Gasteiger partial charge in [0.2, 0.25) is 0 Å². The van der Waals surface area contributed by atoms with Crippen molar-refractivity contribution in [2.45, 2.75) is 19.5 Å². The molecule has 0 aromatic carbocycles. The van der Waals surface area contributed by atoms with E-state index in [0.29, 0.717) is 0 Å². The van der Waals surface area contributed by atoms with E-state index >= 15 is 0 Å². The molecule has 0 aliphatic heterocycles. The molecule has 0 spiro atoms. The molecular formula is C13H16N6. The third-order valence-electron chi connectivity index (χ3n) is 3.26. The van der Waals surface area contributed by atoms with Gasteiger partial charge in [0, 0.05) is 31.5 Å². The molecule has 1 atom stereocenters. The molecule has 0 aliphatic carbocycles. The Bertz CT molecular complexity index is 711. The fourth-order valence-electron chi connectivity index (χ4n) is 2.32. The molecular weight excluding hydrogens is 240 g/mol. The molecule has 0 saturated heterocycles. The summed E-state index contributed by atoms with van der Waals surface area (Å²) in [7, 11) is 1.88. The van der Waals surface area contributed by atoms with Crippen molar-refractivity contribution in [2.24, 2.45) is 12.8 Å². The molecule has 3 rings (SSSR count). The van der Waals surface area contributed by atoms with Crippen LogP contribution in [0.1, 0.15) is 24.4 Å². The van der Waals surface area contributed by atoms with Crippen LogP contribution in [0.2, 0.25) is 0 Å². The van der Waals surface area contributed by atoms with Crippen LogP contribution in [-0.4, -0.2) is 24.3 Å². The van der Waals surface area contributed by atoms with Gasteiger partial charge in [-0.15, -0.1) is 0 Å². The van der Waals surface area contributed by atoms with Crippen molar-refractivity contribution in [3.63, 3.8) is 0 Å². The van der Waals surface area contributed by atoms with Gasteiger partial charge in [0.1, 0.15) is 11.3 Å². The van der Waals surface area contributed by atoms with E-state index in [0.717, 1.165) is 29.0 Å². The number of rotatable bonds is 3. The van der Waals surface area contributed by atoms with E-state index in [4.69, 9.17) is 5.73 Å². The van der Waals surface area contributed by atoms with E-state index in [1.165, 1.54) is 0 Å². The van der Waals surface area contributed by atoms with Gasteiger partial charge in [-0.25, -0.2) is 4.98 Å². The van der Waals surface area contributed by atoms with Crippen LogP contribution >= 0.6 is 0 Å². The molecule has 19 heavy (non-hydrogen) atoms. The molecule has 0 fully saturated rings. The van der Waals surface area contributed by atoms with Crippen LogP contribution in [0.25, 0.3) is 11.0 Å². The van der Waals surface area contributed by atoms with E-state index in [2.05, 4.69) is 26.6 Å². The molecule has 0 aliphatic rings. The fourth-order valence-corrected chi connectivity index (χ4v) is 2.32. The standard InChI is InChI=1S/C13H16N6/c1-3-19-11-4-5-15-7-10(11)17-13(19)12(14)9-6-16-18(2)8-9/h4-8,12H,3,14H2,1-2H3. The van der Waals surface area contributed by atoms with Crippen LogP contribution in [0.15, 0.2) is 30.9 Å². The molecule has 6 nitrogen and oxygen atoms in total. The van der Waals surface area contributed by atoms with Gasteiger partial charge in [0.25, 0.3) is 0 Å². The summed E-state index contributed by atoms with van der Waals surface area (Å²) in [5.41, 5.74) is 9.21. The SMILES string of the molecule is CCn1c(C(N)c2cnn(C)c2)nc2cnccc21. The highest BCUT2D eigenvalue weighted by Gasteiger charge is 2.18. The normalized spacial score (nSPS) is 13.0. The lowest BCUT2D eigenvalue weighted by Crippen LogP contribution is -2.17. The first-order valence-electron chi connectivity index (χ1n) is 6.25. The average molecular weight is 256 g/mol. The maximum Gasteiger partial charge on any atom is 0.131 e. The van der Waals surface area contributed by atoms with Crippen molar-refractivity contribution in [1.82, 2.24) is 24.3 Å². The summed E-state index contributed by atoms with van der Waals surface area (Å²) in [6.45, 7) is 2.91. The van der Waals surface area contributed by atoms with E-state index in [9.17, 15) is 0 Å². The number of pyridine rings is 1. The smallest absolute Gasteiger partial charge is 0.131 e. The fraction of sp³-hybridized carbons (Fsp3) is 0.308. The monoisotopic (exact) mass is 256 g/mol. The summed E-state index contributed by atoms with van der Waals surface area (Å²) in [4.78, 5) is 8.71. The maximum atomic E-state index is 6.31. The van der Waals surface area contributed by atoms with Crippen LogP contribution in [0.3, 0.4) is 0 Å². The van der Waals surface area contributed by atoms with Crippen LogP contribution in [0.4, 0.5) is 0 Å². The van der Waals surface area contributed by atoms with E-state index in [-0.39, 0.29) is 6.04 Å². The van der Waals surface area contributed by atoms with Crippen molar-refractivity contribution in [2.75, 3.05) is 0 Å². The molecule has 2 N–H and O–H groups in total. The van der Waals surface area contributed by atoms with Crippen molar-refractivity contribution in [3.8, 4) is 0 Å². The van der Waals surface area contributed by atoms with Crippen LogP contribution in [0, 0.1) is 0 Å². The molecule has 6 heteroatoms. The second-order valence-corrected chi connectivity index (χ2v) is 4.50. The van der Waals surface area contributed by atoms with Gasteiger partial charge in [0.15, 0.2) is 0 Å². The van der Waals surface area contributed by atoms with Gasteiger partial charge in [-0.2, -0.15) is 5.10 Å². The summed E-state index contributed by atoms with van der Waals surface area (Å²) in [5, 5.41) is 4.16. The zero-order valence-electron chi connectivity index (χ0n) is 11.0. The molecule has 3 aromatic rings. The number of aromatic nitrogens is 5. The Labute approximate surface area is 110 Å². The molecule has 1 unspecified atom stereocenters. The number of nitrogens with zero attached hydrogens (tertiary/aromatic N) is 5. The summed E-state index contributed by atoms with van der Waals surface area (Å²) < 4.78 is 3.87. The van der Waals surface area contributed by atoms with Gasteiger partial charge in [-0.1, -0.05) is 0 Å². The Morgan fingerprint density at radius 1 is 1.37 bits per heavy atom. The minimum Gasteiger partial charge on any atom is -0.327 e. The molecule has 0 radical (unpaired) electrons. The average Bonchev–Trinajstić information content (AvgIpc) is 3.01. The summed E-state index contributed by atoms with van der Waals surface area (Å²) in [5.74, 6) is 0.846. The van der Waals surface area contributed by atoms with Crippen LogP contribution < -0.4 is 5.73 Å². The quantitative estimate of drug-likeness (QED) is 0.765. The zero-order valence-corrected chi connectivity index (χ0v) is 11.0. The molecule has 0 amide bonds. The summed E-state index contributed by atoms with van der Waals surface area (Å²) >= 11 is 0. The van der Waals surface area contributed by atoms with E-state index in [1.807, 2.05) is 19.3 Å². The highest BCUT2D eigenvalue weighted by molar-refractivity contribution is 5.74. The van der Waals surface area contributed by atoms with Gasteiger partial charge < -0.3 is 10.3 Å². The summed E-state index contributed by atoms with van der Waals surface area (Å²) in [6.07, 6.45) is 7.24. The van der Waals surface area contributed by atoms with Crippen molar-refractivity contribution in [1.29, 1.82) is 0 Å². The number of hydrogen-bond acceptors (Lipinski definition) is 4. The predicted octanol–water partition coefficient (Wildman–Crippen LogP) is 1.23. The lowest BCUT2D eigenvalue weighted by Gasteiger charge is -2.11.